The molecule has 0 fully saturated rings. The fourth-order valence-electron chi connectivity index (χ4n) is 2.20. The highest BCUT2D eigenvalue weighted by Crippen LogP contribution is 2.25. The van der Waals surface area contributed by atoms with E-state index in [2.05, 4.69) is 30.2 Å². The lowest BCUT2D eigenvalue weighted by Crippen LogP contribution is -2.24. The van der Waals surface area contributed by atoms with Gasteiger partial charge < -0.3 is 5.32 Å². The molecule has 0 aliphatic rings. The molecule has 2 rings (SSSR count). The summed E-state index contributed by atoms with van der Waals surface area (Å²) in [6, 6.07) is 9.80. The molecule has 4 heteroatoms. The number of hydrogen-bond donors (Lipinski definition) is 1. The SMILES string of the molecule is CCNC(Cc1cc(Cl)ccc1Cl)c1cc(C)ccn1. The van der Waals surface area contributed by atoms with Crippen LogP contribution in [0.15, 0.2) is 36.5 Å². The lowest BCUT2D eigenvalue weighted by molar-refractivity contribution is 0.536. The number of hydrogen-bond acceptors (Lipinski definition) is 2. The molecule has 0 aliphatic carbocycles. The Kier molecular flexibility index (Phi) is 5.41. The molecule has 1 unspecified atom stereocenters. The highest BCUT2D eigenvalue weighted by Gasteiger charge is 2.14. The van der Waals surface area contributed by atoms with E-state index in [-0.39, 0.29) is 6.04 Å². The first kappa shape index (κ1) is 15.3. The summed E-state index contributed by atoms with van der Waals surface area (Å²) in [6.45, 7) is 5.03. The van der Waals surface area contributed by atoms with Gasteiger partial charge in [-0.1, -0.05) is 30.1 Å². The second-order valence-corrected chi connectivity index (χ2v) is 5.65. The Hall–Kier alpha value is -1.09. The highest BCUT2D eigenvalue weighted by molar-refractivity contribution is 6.33. The van der Waals surface area contributed by atoms with Gasteiger partial charge in [-0.05, 0) is 61.3 Å². The normalized spacial score (nSPS) is 12.4. The van der Waals surface area contributed by atoms with Crippen LogP contribution in [0.25, 0.3) is 0 Å². The van der Waals surface area contributed by atoms with Crippen molar-refractivity contribution in [2.75, 3.05) is 6.54 Å². The molecule has 0 saturated carbocycles. The summed E-state index contributed by atoms with van der Waals surface area (Å²) in [4.78, 5) is 4.47. The van der Waals surface area contributed by atoms with Crippen molar-refractivity contribution in [1.29, 1.82) is 0 Å². The van der Waals surface area contributed by atoms with Crippen LogP contribution in [0.3, 0.4) is 0 Å². The molecule has 0 bridgehead atoms. The van der Waals surface area contributed by atoms with Crippen molar-refractivity contribution in [2.45, 2.75) is 26.3 Å². The molecule has 2 nitrogen and oxygen atoms in total. The Balaban J connectivity index is 2.27. The van der Waals surface area contributed by atoms with Gasteiger partial charge in [0.15, 0.2) is 0 Å². The van der Waals surface area contributed by atoms with E-state index < -0.39 is 0 Å². The van der Waals surface area contributed by atoms with Gasteiger partial charge >= 0.3 is 0 Å². The van der Waals surface area contributed by atoms with E-state index in [0.717, 1.165) is 29.2 Å². The minimum atomic E-state index is 0.135. The van der Waals surface area contributed by atoms with Crippen LogP contribution in [0, 0.1) is 6.92 Å². The van der Waals surface area contributed by atoms with Crippen molar-refractivity contribution < 1.29 is 0 Å². The molecule has 2 aromatic rings. The van der Waals surface area contributed by atoms with Gasteiger partial charge in [-0.25, -0.2) is 0 Å². The van der Waals surface area contributed by atoms with Crippen LogP contribution in [0.5, 0.6) is 0 Å². The number of aryl methyl sites for hydroxylation is 1. The molecule has 1 aromatic carbocycles. The van der Waals surface area contributed by atoms with E-state index in [1.807, 2.05) is 24.4 Å². The summed E-state index contributed by atoms with van der Waals surface area (Å²) < 4.78 is 0. The van der Waals surface area contributed by atoms with Crippen molar-refractivity contribution in [3.05, 3.63) is 63.4 Å². The van der Waals surface area contributed by atoms with E-state index >= 15 is 0 Å². The number of rotatable bonds is 5. The molecule has 0 spiro atoms. The second-order valence-electron chi connectivity index (χ2n) is 4.81. The minimum absolute atomic E-state index is 0.135. The van der Waals surface area contributed by atoms with Crippen LogP contribution in [0.1, 0.15) is 29.8 Å². The number of nitrogens with zero attached hydrogens (tertiary/aromatic N) is 1. The Bertz CT molecular complexity index is 584. The van der Waals surface area contributed by atoms with Gasteiger partial charge in [-0.2, -0.15) is 0 Å². The van der Waals surface area contributed by atoms with E-state index in [1.54, 1.807) is 6.07 Å². The molecule has 1 heterocycles. The van der Waals surface area contributed by atoms with Crippen LogP contribution in [-0.2, 0) is 6.42 Å². The quantitative estimate of drug-likeness (QED) is 0.874. The molecule has 1 aromatic heterocycles. The average Bonchev–Trinajstić information content (AvgIpc) is 2.42. The van der Waals surface area contributed by atoms with Gasteiger partial charge in [0.05, 0.1) is 11.7 Å². The molecule has 1 N–H and O–H groups in total. The molecular weight excluding hydrogens is 291 g/mol. The first-order valence-electron chi connectivity index (χ1n) is 6.70. The highest BCUT2D eigenvalue weighted by atomic mass is 35.5. The van der Waals surface area contributed by atoms with Crippen molar-refractivity contribution >= 4 is 23.2 Å². The van der Waals surface area contributed by atoms with Crippen LogP contribution < -0.4 is 5.32 Å². The summed E-state index contributed by atoms with van der Waals surface area (Å²) in [6.07, 6.45) is 2.61. The van der Waals surface area contributed by atoms with E-state index in [1.165, 1.54) is 5.56 Å². The largest absolute Gasteiger partial charge is 0.309 e. The Morgan fingerprint density at radius 1 is 1.20 bits per heavy atom. The number of benzene rings is 1. The van der Waals surface area contributed by atoms with Gasteiger partial charge in [0, 0.05) is 16.2 Å². The number of nitrogens with one attached hydrogen (secondary N) is 1. The zero-order chi connectivity index (χ0) is 14.5. The third-order valence-electron chi connectivity index (χ3n) is 3.18. The van der Waals surface area contributed by atoms with Gasteiger partial charge in [0.1, 0.15) is 0 Å². The van der Waals surface area contributed by atoms with Gasteiger partial charge in [-0.15, -0.1) is 0 Å². The average molecular weight is 309 g/mol. The maximum atomic E-state index is 6.25. The van der Waals surface area contributed by atoms with E-state index in [0.29, 0.717) is 5.02 Å². The summed E-state index contributed by atoms with van der Waals surface area (Å²) in [7, 11) is 0. The summed E-state index contributed by atoms with van der Waals surface area (Å²) in [5.41, 5.74) is 3.27. The van der Waals surface area contributed by atoms with E-state index in [4.69, 9.17) is 23.2 Å². The van der Waals surface area contributed by atoms with Crippen LogP contribution in [-0.4, -0.2) is 11.5 Å². The van der Waals surface area contributed by atoms with Crippen molar-refractivity contribution in [3.63, 3.8) is 0 Å². The fourth-order valence-corrected chi connectivity index (χ4v) is 2.59. The van der Waals surface area contributed by atoms with Gasteiger partial charge in [0.2, 0.25) is 0 Å². The van der Waals surface area contributed by atoms with Crippen molar-refractivity contribution in [3.8, 4) is 0 Å². The maximum Gasteiger partial charge on any atom is 0.0579 e. The van der Waals surface area contributed by atoms with Crippen molar-refractivity contribution in [2.24, 2.45) is 0 Å². The first-order chi connectivity index (χ1) is 9.60. The zero-order valence-corrected chi connectivity index (χ0v) is 13.2. The fraction of sp³-hybridized carbons (Fsp3) is 0.312. The smallest absolute Gasteiger partial charge is 0.0579 e. The Labute approximate surface area is 130 Å². The van der Waals surface area contributed by atoms with Crippen molar-refractivity contribution in [1.82, 2.24) is 10.3 Å². The minimum Gasteiger partial charge on any atom is -0.309 e. The lowest BCUT2D eigenvalue weighted by Gasteiger charge is -2.18. The predicted molar refractivity (Wildman–Crippen MR) is 85.6 cm³/mol. The maximum absolute atomic E-state index is 6.25. The second kappa shape index (κ2) is 7.07. The van der Waals surface area contributed by atoms with E-state index in [9.17, 15) is 0 Å². The third kappa shape index (κ3) is 3.95. The first-order valence-corrected chi connectivity index (χ1v) is 7.45. The predicted octanol–water partition coefficient (Wildman–Crippen LogP) is 4.59. The molecule has 0 aliphatic heterocycles. The Morgan fingerprint density at radius 3 is 2.70 bits per heavy atom. The summed E-state index contributed by atoms with van der Waals surface area (Å²) in [5, 5.41) is 4.90. The number of aromatic nitrogens is 1. The number of pyridine rings is 1. The Morgan fingerprint density at radius 2 is 2.00 bits per heavy atom. The van der Waals surface area contributed by atoms with Crippen LogP contribution in [0.2, 0.25) is 10.0 Å². The third-order valence-corrected chi connectivity index (χ3v) is 3.78. The molecule has 0 saturated heterocycles. The van der Waals surface area contributed by atoms with Gasteiger partial charge in [0.25, 0.3) is 0 Å². The number of likely N-dealkylation sites (N-methyl/N-ethyl adjacent to an activating group) is 1. The lowest BCUT2D eigenvalue weighted by atomic mass is 10.0. The summed E-state index contributed by atoms with van der Waals surface area (Å²) in [5.74, 6) is 0. The van der Waals surface area contributed by atoms with Crippen LogP contribution in [0.4, 0.5) is 0 Å². The van der Waals surface area contributed by atoms with Crippen LogP contribution >= 0.6 is 23.2 Å². The zero-order valence-electron chi connectivity index (χ0n) is 11.7. The molecule has 1 atom stereocenters. The number of halogens is 2. The molecule has 106 valence electrons. The molecule has 20 heavy (non-hydrogen) atoms. The van der Waals surface area contributed by atoms with Gasteiger partial charge in [-0.3, -0.25) is 4.98 Å². The molecule has 0 amide bonds. The monoisotopic (exact) mass is 308 g/mol. The molecular formula is C16H18Cl2N2. The molecule has 0 radical (unpaired) electrons. The summed E-state index contributed by atoms with van der Waals surface area (Å²) >= 11 is 12.3. The topological polar surface area (TPSA) is 24.9 Å². The standard InChI is InChI=1S/C16H18Cl2N2/c1-3-19-16(15-8-11(2)6-7-20-15)10-12-9-13(17)4-5-14(12)18/h4-9,16,19H,3,10H2,1-2H3.